The molecule has 0 saturated heterocycles. The van der Waals surface area contributed by atoms with Crippen LogP contribution in [0.25, 0.3) is 0 Å². The van der Waals surface area contributed by atoms with Crippen LogP contribution in [0.15, 0.2) is 18.2 Å². The lowest BCUT2D eigenvalue weighted by molar-refractivity contribution is 0.189. The Hall–Kier alpha value is -0.590. The van der Waals surface area contributed by atoms with Gasteiger partial charge in [0, 0.05) is 0 Å². The third kappa shape index (κ3) is 7.68. The van der Waals surface area contributed by atoms with Crippen molar-refractivity contribution in [1.29, 1.82) is 0 Å². The van der Waals surface area contributed by atoms with Crippen LogP contribution < -0.4 is 4.74 Å². The monoisotopic (exact) mass is 340 g/mol. The Balaban J connectivity index is 0.00000149. The summed E-state index contributed by atoms with van der Waals surface area (Å²) in [5.41, 5.74) is 2.62. The lowest BCUT2D eigenvalue weighted by atomic mass is 9.80. The fraction of sp³-hybridized carbons (Fsp3) is 0.700. The second kappa shape index (κ2) is 8.49. The van der Waals surface area contributed by atoms with Crippen molar-refractivity contribution in [3.05, 3.63) is 29.3 Å². The van der Waals surface area contributed by atoms with Crippen LogP contribution >= 0.6 is 8.81 Å². The molecule has 1 atom stereocenters. The first-order valence-electron chi connectivity index (χ1n) is 8.53. The molecule has 0 heterocycles. The molecule has 0 aliphatic rings. The smallest absolute Gasteiger partial charge is 0.143 e. The summed E-state index contributed by atoms with van der Waals surface area (Å²) in [6.07, 6.45) is 1.25. The van der Waals surface area contributed by atoms with Gasteiger partial charge in [0.2, 0.25) is 0 Å². The summed E-state index contributed by atoms with van der Waals surface area (Å²) in [7, 11) is -0.246. The Morgan fingerprint density at radius 1 is 0.913 bits per heavy atom. The molecule has 2 nitrogen and oxygen atoms in total. The van der Waals surface area contributed by atoms with Crippen molar-refractivity contribution < 1.29 is 9.63 Å². The van der Waals surface area contributed by atoms with E-state index in [1.807, 2.05) is 19.9 Å². The van der Waals surface area contributed by atoms with Gasteiger partial charge in [-0.1, -0.05) is 73.9 Å². The van der Waals surface area contributed by atoms with E-state index in [2.05, 4.69) is 67.5 Å². The third-order valence-electron chi connectivity index (χ3n) is 3.29. The van der Waals surface area contributed by atoms with E-state index in [9.17, 15) is 4.89 Å². The molecule has 1 aromatic rings. The van der Waals surface area contributed by atoms with Crippen LogP contribution in [-0.2, 0) is 10.8 Å². The second-order valence-corrected chi connectivity index (χ2v) is 10.1. The number of hydrogen-bond acceptors (Lipinski definition) is 2. The van der Waals surface area contributed by atoms with Crippen molar-refractivity contribution >= 4 is 8.81 Å². The molecule has 0 bridgehead atoms. The molecule has 1 unspecified atom stereocenters. The van der Waals surface area contributed by atoms with Gasteiger partial charge in [-0.05, 0) is 41.9 Å². The molecule has 3 heteroatoms. The Bertz CT molecular complexity index is 479. The average molecular weight is 340 g/mol. The molecular formula is C20H37O2P. The molecular weight excluding hydrogens is 303 g/mol. The fourth-order valence-electron chi connectivity index (χ4n) is 1.97. The van der Waals surface area contributed by atoms with Gasteiger partial charge in [0.25, 0.3) is 0 Å². The molecule has 1 rings (SSSR count). The van der Waals surface area contributed by atoms with E-state index in [4.69, 9.17) is 4.74 Å². The standard InChI is InChI=1S/C17H29O2P.C3H8/c1-15(2,3)12-9-10-14(19-17(7,8)20-18)13(11-12)16(4,5)6;1-3-2/h9-11,18,20H,1-8H3;3H2,1-2H3. The minimum absolute atomic E-state index is 0.00520. The van der Waals surface area contributed by atoms with Crippen LogP contribution in [0.1, 0.15) is 86.8 Å². The first kappa shape index (κ1) is 22.4. The largest absolute Gasteiger partial charge is 0.481 e. The average Bonchev–Trinajstić information content (AvgIpc) is 2.37. The summed E-state index contributed by atoms with van der Waals surface area (Å²) in [5, 5.41) is -0.538. The van der Waals surface area contributed by atoms with E-state index in [1.165, 1.54) is 17.5 Å². The normalized spacial score (nSPS) is 13.0. The van der Waals surface area contributed by atoms with Crippen molar-refractivity contribution in [2.45, 2.75) is 91.8 Å². The van der Waals surface area contributed by atoms with Crippen LogP contribution in [0.3, 0.4) is 0 Å². The first-order valence-corrected chi connectivity index (χ1v) is 9.48. The highest BCUT2D eigenvalue weighted by atomic mass is 31.1. The maximum absolute atomic E-state index is 9.44. The Morgan fingerprint density at radius 2 is 1.39 bits per heavy atom. The van der Waals surface area contributed by atoms with E-state index in [0.29, 0.717) is 0 Å². The van der Waals surface area contributed by atoms with Gasteiger partial charge in [-0.25, -0.2) is 0 Å². The molecule has 0 aliphatic heterocycles. The van der Waals surface area contributed by atoms with Gasteiger partial charge >= 0.3 is 0 Å². The molecule has 0 amide bonds. The minimum Gasteiger partial charge on any atom is -0.481 e. The topological polar surface area (TPSA) is 29.5 Å². The summed E-state index contributed by atoms with van der Waals surface area (Å²) in [5.74, 6) is 0.872. The van der Waals surface area contributed by atoms with Crippen molar-refractivity contribution in [2.75, 3.05) is 0 Å². The number of rotatable bonds is 3. The maximum atomic E-state index is 9.44. The predicted molar refractivity (Wildman–Crippen MR) is 105 cm³/mol. The van der Waals surface area contributed by atoms with Gasteiger partial charge in [0.15, 0.2) is 0 Å². The quantitative estimate of drug-likeness (QED) is 0.645. The van der Waals surface area contributed by atoms with Gasteiger partial charge in [0.1, 0.15) is 11.1 Å². The summed E-state index contributed by atoms with van der Waals surface area (Å²) in [4.78, 5) is 9.44. The third-order valence-corrected chi connectivity index (χ3v) is 3.93. The van der Waals surface area contributed by atoms with E-state index >= 15 is 0 Å². The van der Waals surface area contributed by atoms with Crippen molar-refractivity contribution in [3.8, 4) is 5.75 Å². The van der Waals surface area contributed by atoms with Crippen molar-refractivity contribution in [1.82, 2.24) is 0 Å². The zero-order valence-corrected chi connectivity index (χ0v) is 17.8. The van der Waals surface area contributed by atoms with Crippen LogP contribution in [0.2, 0.25) is 0 Å². The molecule has 0 saturated carbocycles. The lowest BCUT2D eigenvalue weighted by Gasteiger charge is -2.31. The van der Waals surface area contributed by atoms with Crippen molar-refractivity contribution in [3.63, 3.8) is 0 Å². The molecule has 0 radical (unpaired) electrons. The highest BCUT2D eigenvalue weighted by molar-refractivity contribution is 7.32. The van der Waals surface area contributed by atoms with Gasteiger partial charge < -0.3 is 9.63 Å². The molecule has 0 aromatic heterocycles. The van der Waals surface area contributed by atoms with Crippen LogP contribution in [-0.4, -0.2) is 10.2 Å². The number of hydrogen-bond donors (Lipinski definition) is 1. The molecule has 0 fully saturated rings. The van der Waals surface area contributed by atoms with Gasteiger partial charge in [-0.3, -0.25) is 0 Å². The zero-order valence-electron chi connectivity index (χ0n) is 16.8. The summed E-state index contributed by atoms with van der Waals surface area (Å²) < 4.78 is 6.04. The van der Waals surface area contributed by atoms with E-state index in [0.717, 1.165) is 5.75 Å². The van der Waals surface area contributed by atoms with Crippen LogP contribution in [0, 0.1) is 0 Å². The van der Waals surface area contributed by atoms with Gasteiger partial charge in [-0.2, -0.15) is 0 Å². The van der Waals surface area contributed by atoms with Crippen LogP contribution in [0.4, 0.5) is 0 Å². The fourth-order valence-corrected chi connectivity index (χ4v) is 2.12. The summed E-state index contributed by atoms with van der Waals surface area (Å²) in [6, 6.07) is 6.41. The minimum atomic E-state index is -0.538. The number of benzene rings is 1. The summed E-state index contributed by atoms with van der Waals surface area (Å²) in [6.45, 7) is 21.3. The summed E-state index contributed by atoms with van der Waals surface area (Å²) >= 11 is 0. The Labute approximate surface area is 145 Å². The van der Waals surface area contributed by atoms with Gasteiger partial charge in [-0.15, -0.1) is 0 Å². The maximum Gasteiger partial charge on any atom is 0.143 e. The Kier molecular flexibility index (Phi) is 8.27. The van der Waals surface area contributed by atoms with Crippen molar-refractivity contribution in [2.24, 2.45) is 0 Å². The molecule has 1 aromatic carbocycles. The molecule has 23 heavy (non-hydrogen) atoms. The highest BCUT2D eigenvalue weighted by Gasteiger charge is 2.26. The number of ether oxygens (including phenoxy) is 1. The molecule has 1 N–H and O–H groups in total. The molecule has 0 spiro atoms. The van der Waals surface area contributed by atoms with E-state index < -0.39 is 5.34 Å². The second-order valence-electron chi connectivity index (χ2n) is 8.64. The molecule has 0 aliphatic carbocycles. The van der Waals surface area contributed by atoms with E-state index in [-0.39, 0.29) is 19.6 Å². The zero-order chi connectivity index (χ0) is 18.5. The predicted octanol–water partition coefficient (Wildman–Crippen LogP) is 6.40. The first-order chi connectivity index (χ1) is 10.3. The lowest BCUT2D eigenvalue weighted by Crippen LogP contribution is -2.25. The van der Waals surface area contributed by atoms with Gasteiger partial charge in [0.05, 0.1) is 8.81 Å². The molecule has 134 valence electrons. The SMILES string of the molecule is CC(C)(Oc1ccc(C(C)(C)C)cc1C(C)(C)C)PO.CCC. The van der Waals surface area contributed by atoms with Crippen LogP contribution in [0.5, 0.6) is 5.75 Å². The highest BCUT2D eigenvalue weighted by Crippen LogP contribution is 2.39. The Morgan fingerprint density at radius 3 is 1.74 bits per heavy atom. The van der Waals surface area contributed by atoms with E-state index in [1.54, 1.807) is 0 Å².